The van der Waals surface area contributed by atoms with Gasteiger partial charge in [0.1, 0.15) is 5.75 Å². The van der Waals surface area contributed by atoms with E-state index in [0.717, 1.165) is 4.88 Å². The molecular formula is C20H20N2O4S2. The molecule has 1 aromatic heterocycles. The second-order valence-corrected chi connectivity index (χ2v) is 8.64. The maximum Gasteiger partial charge on any atom is 0.255 e. The van der Waals surface area contributed by atoms with Crippen molar-refractivity contribution >= 4 is 33.0 Å². The Bertz CT molecular complexity index is 1030. The predicted octanol–water partition coefficient (Wildman–Crippen LogP) is 3.88. The van der Waals surface area contributed by atoms with Crippen LogP contribution in [0.25, 0.3) is 0 Å². The molecule has 2 N–H and O–H groups in total. The topological polar surface area (TPSA) is 84.5 Å². The van der Waals surface area contributed by atoms with Gasteiger partial charge < -0.3 is 10.1 Å². The molecule has 0 aliphatic heterocycles. The quantitative estimate of drug-likeness (QED) is 0.584. The van der Waals surface area contributed by atoms with E-state index in [4.69, 9.17) is 4.74 Å². The minimum atomic E-state index is -3.72. The summed E-state index contributed by atoms with van der Waals surface area (Å²) in [6.45, 7) is 2.67. The van der Waals surface area contributed by atoms with Crippen molar-refractivity contribution in [3.8, 4) is 5.75 Å². The third-order valence-electron chi connectivity index (χ3n) is 3.85. The van der Waals surface area contributed by atoms with Gasteiger partial charge in [-0.1, -0.05) is 12.1 Å². The molecule has 0 saturated carbocycles. The highest BCUT2D eigenvalue weighted by Crippen LogP contribution is 2.18. The van der Waals surface area contributed by atoms with Crippen LogP contribution in [0.1, 0.15) is 22.2 Å². The Hall–Kier alpha value is -2.68. The molecule has 3 aromatic rings. The Morgan fingerprint density at radius 1 is 1.07 bits per heavy atom. The van der Waals surface area contributed by atoms with E-state index in [2.05, 4.69) is 10.0 Å². The third kappa shape index (κ3) is 5.19. The molecule has 1 heterocycles. The number of hydrogen-bond acceptors (Lipinski definition) is 5. The molecule has 0 unspecified atom stereocenters. The van der Waals surface area contributed by atoms with Gasteiger partial charge in [-0.15, -0.1) is 11.3 Å². The smallest absolute Gasteiger partial charge is 0.255 e. The number of nitrogens with one attached hydrogen (secondary N) is 2. The van der Waals surface area contributed by atoms with Crippen molar-refractivity contribution in [2.75, 3.05) is 11.9 Å². The fraction of sp³-hybridized carbons (Fsp3) is 0.150. The zero-order valence-electron chi connectivity index (χ0n) is 15.2. The molecule has 28 heavy (non-hydrogen) atoms. The van der Waals surface area contributed by atoms with Gasteiger partial charge in [0.25, 0.3) is 5.91 Å². The lowest BCUT2D eigenvalue weighted by atomic mass is 10.2. The number of thiophene rings is 1. The van der Waals surface area contributed by atoms with Crippen LogP contribution in [-0.4, -0.2) is 20.9 Å². The summed E-state index contributed by atoms with van der Waals surface area (Å²) in [5.74, 6) is 0.324. The summed E-state index contributed by atoms with van der Waals surface area (Å²) in [7, 11) is -3.72. The number of rotatable bonds is 8. The molecule has 0 radical (unpaired) electrons. The zero-order valence-corrected chi connectivity index (χ0v) is 16.8. The van der Waals surface area contributed by atoms with E-state index < -0.39 is 10.0 Å². The molecule has 0 aliphatic carbocycles. The number of sulfonamides is 1. The van der Waals surface area contributed by atoms with Crippen LogP contribution in [0, 0.1) is 0 Å². The van der Waals surface area contributed by atoms with Crippen molar-refractivity contribution in [1.82, 2.24) is 4.72 Å². The van der Waals surface area contributed by atoms with Crippen molar-refractivity contribution in [3.63, 3.8) is 0 Å². The maximum atomic E-state index is 12.5. The van der Waals surface area contributed by atoms with Crippen LogP contribution in [0.4, 0.5) is 5.69 Å². The summed E-state index contributed by atoms with van der Waals surface area (Å²) in [4.78, 5) is 13.4. The van der Waals surface area contributed by atoms with Crippen molar-refractivity contribution in [3.05, 3.63) is 76.5 Å². The third-order valence-corrected chi connectivity index (χ3v) is 6.12. The summed E-state index contributed by atoms with van der Waals surface area (Å²) >= 11 is 1.47. The van der Waals surface area contributed by atoms with Gasteiger partial charge in [-0.2, -0.15) is 0 Å². The second-order valence-electron chi connectivity index (χ2n) is 5.84. The molecule has 0 atom stereocenters. The van der Waals surface area contributed by atoms with Crippen molar-refractivity contribution in [2.45, 2.75) is 18.4 Å². The first-order chi connectivity index (χ1) is 13.5. The zero-order chi connectivity index (χ0) is 20.0. The van der Waals surface area contributed by atoms with E-state index in [1.54, 1.807) is 36.4 Å². The molecule has 3 rings (SSSR count). The Morgan fingerprint density at radius 2 is 1.86 bits per heavy atom. The summed E-state index contributed by atoms with van der Waals surface area (Å²) in [5, 5.41) is 4.64. The lowest BCUT2D eigenvalue weighted by molar-refractivity contribution is 0.102. The Labute approximate surface area is 168 Å². The average Bonchev–Trinajstić information content (AvgIpc) is 3.22. The lowest BCUT2D eigenvalue weighted by Gasteiger charge is -2.09. The highest BCUT2D eigenvalue weighted by atomic mass is 32.2. The molecule has 6 nitrogen and oxygen atoms in total. The standard InChI is InChI=1S/C20H20N2O4S2/c1-2-26-17-10-8-16(9-11-17)22-20(23)15-5-3-7-19(13-15)28(24,25)21-14-18-6-4-12-27-18/h3-13,21H,2,14H2,1H3,(H,22,23). The SMILES string of the molecule is CCOc1ccc(NC(=O)c2cccc(S(=O)(=O)NCc3cccs3)c2)cc1. The normalized spacial score (nSPS) is 11.2. The predicted molar refractivity (Wildman–Crippen MR) is 110 cm³/mol. The fourth-order valence-electron chi connectivity index (χ4n) is 2.47. The van der Waals surface area contributed by atoms with Gasteiger partial charge in [0.15, 0.2) is 0 Å². The minimum absolute atomic E-state index is 0.0448. The highest BCUT2D eigenvalue weighted by molar-refractivity contribution is 7.89. The molecule has 0 fully saturated rings. The van der Waals surface area contributed by atoms with Crippen molar-refractivity contribution < 1.29 is 17.9 Å². The molecule has 8 heteroatoms. The van der Waals surface area contributed by atoms with E-state index in [9.17, 15) is 13.2 Å². The Kier molecular flexibility index (Phi) is 6.45. The van der Waals surface area contributed by atoms with E-state index >= 15 is 0 Å². The number of hydrogen-bond donors (Lipinski definition) is 2. The number of anilines is 1. The molecular weight excluding hydrogens is 396 g/mol. The largest absolute Gasteiger partial charge is 0.494 e. The summed E-state index contributed by atoms with van der Waals surface area (Å²) in [5.41, 5.74) is 0.852. The van der Waals surface area contributed by atoms with Crippen molar-refractivity contribution in [1.29, 1.82) is 0 Å². The highest BCUT2D eigenvalue weighted by Gasteiger charge is 2.16. The number of carbonyl (C=O) groups is 1. The lowest BCUT2D eigenvalue weighted by Crippen LogP contribution is -2.23. The average molecular weight is 417 g/mol. The Morgan fingerprint density at radius 3 is 2.54 bits per heavy atom. The van der Waals surface area contributed by atoms with Crippen LogP contribution < -0.4 is 14.8 Å². The van der Waals surface area contributed by atoms with E-state index in [1.165, 1.54) is 23.5 Å². The van der Waals surface area contributed by atoms with Gasteiger partial charge in [-0.25, -0.2) is 13.1 Å². The van der Waals surface area contributed by atoms with Gasteiger partial charge in [-0.05, 0) is 60.8 Å². The number of benzene rings is 2. The second kappa shape index (κ2) is 9.01. The monoisotopic (exact) mass is 416 g/mol. The molecule has 1 amide bonds. The summed E-state index contributed by atoms with van der Waals surface area (Å²) in [6, 6.07) is 16.6. The van der Waals surface area contributed by atoms with E-state index in [1.807, 2.05) is 24.4 Å². The first-order valence-electron chi connectivity index (χ1n) is 8.64. The van der Waals surface area contributed by atoms with Crippen molar-refractivity contribution in [2.24, 2.45) is 0 Å². The van der Waals surface area contributed by atoms with Gasteiger partial charge in [0, 0.05) is 22.7 Å². The van der Waals surface area contributed by atoms with Gasteiger partial charge in [0.2, 0.25) is 10.0 Å². The Balaban J connectivity index is 1.70. The molecule has 2 aromatic carbocycles. The molecule has 146 valence electrons. The summed E-state index contributed by atoms with van der Waals surface area (Å²) in [6.07, 6.45) is 0. The summed E-state index contributed by atoms with van der Waals surface area (Å²) < 4.78 is 32.9. The van der Waals surface area contributed by atoms with Crippen LogP contribution in [0.2, 0.25) is 0 Å². The minimum Gasteiger partial charge on any atom is -0.494 e. The van der Waals surface area contributed by atoms with Crippen LogP contribution >= 0.6 is 11.3 Å². The maximum absolute atomic E-state index is 12.5. The first kappa shape index (κ1) is 20.1. The van der Waals surface area contributed by atoms with Crippen LogP contribution in [0.3, 0.4) is 0 Å². The van der Waals surface area contributed by atoms with E-state index in [-0.39, 0.29) is 22.9 Å². The van der Waals surface area contributed by atoms with Crippen LogP contribution in [0.15, 0.2) is 70.9 Å². The number of carbonyl (C=O) groups excluding carboxylic acids is 1. The molecule has 0 aliphatic rings. The van der Waals surface area contributed by atoms with Crippen LogP contribution in [0.5, 0.6) is 5.75 Å². The molecule has 0 saturated heterocycles. The fourth-order valence-corrected chi connectivity index (χ4v) is 4.26. The van der Waals surface area contributed by atoms with Gasteiger partial charge in [0.05, 0.1) is 11.5 Å². The number of amides is 1. The number of ether oxygens (including phenoxy) is 1. The first-order valence-corrected chi connectivity index (χ1v) is 11.0. The van der Waals surface area contributed by atoms with E-state index in [0.29, 0.717) is 18.0 Å². The van der Waals surface area contributed by atoms with Crippen LogP contribution in [-0.2, 0) is 16.6 Å². The van der Waals surface area contributed by atoms with Gasteiger partial charge >= 0.3 is 0 Å². The van der Waals surface area contributed by atoms with Gasteiger partial charge in [-0.3, -0.25) is 4.79 Å². The molecule has 0 bridgehead atoms. The molecule has 0 spiro atoms.